The van der Waals surface area contributed by atoms with Gasteiger partial charge in [0.2, 0.25) is 0 Å². The van der Waals surface area contributed by atoms with Gasteiger partial charge in [-0.2, -0.15) is 21.0 Å². The quantitative estimate of drug-likeness (QED) is 0.222. The first kappa shape index (κ1) is 26.6. The fourth-order valence-corrected chi connectivity index (χ4v) is 6.76. The van der Waals surface area contributed by atoms with Gasteiger partial charge in [0.15, 0.2) is 0 Å². The maximum absolute atomic E-state index is 10.3. The molecule has 0 radical (unpaired) electrons. The third kappa shape index (κ3) is 3.32. The van der Waals surface area contributed by atoms with Crippen LogP contribution in [0.5, 0.6) is 0 Å². The van der Waals surface area contributed by atoms with Crippen molar-refractivity contribution in [3.63, 3.8) is 0 Å². The summed E-state index contributed by atoms with van der Waals surface area (Å²) in [4.78, 5) is 28.1. The van der Waals surface area contributed by atoms with Crippen LogP contribution in [0.4, 0.5) is 0 Å². The van der Waals surface area contributed by atoms with Gasteiger partial charge in [-0.05, 0) is 24.3 Å². The van der Waals surface area contributed by atoms with E-state index >= 15 is 0 Å². The average molecular weight is 615 g/mol. The van der Waals surface area contributed by atoms with Crippen molar-refractivity contribution in [1.82, 2.24) is 39.0 Å². The predicted octanol–water partition coefficient (Wildman–Crippen LogP) is 5.60. The van der Waals surface area contributed by atoms with E-state index in [-0.39, 0.29) is 11.1 Å². The summed E-state index contributed by atoms with van der Waals surface area (Å²) in [5, 5.41) is 42.3. The van der Waals surface area contributed by atoms with Crippen LogP contribution in [-0.2, 0) is 0 Å². The molecule has 12 heteroatoms. The Bertz CT molecular complexity index is 2580. The number of benzene rings is 2. The van der Waals surface area contributed by atoms with Gasteiger partial charge >= 0.3 is 0 Å². The van der Waals surface area contributed by atoms with Crippen molar-refractivity contribution >= 4 is 33.2 Å². The Kier molecular flexibility index (Phi) is 5.46. The van der Waals surface area contributed by atoms with E-state index in [9.17, 15) is 21.0 Å². The molecule has 0 N–H and O–H groups in total. The Morgan fingerprint density at radius 3 is 1.29 bits per heavy atom. The minimum atomic E-state index is -0.157. The summed E-state index contributed by atoms with van der Waals surface area (Å²) in [7, 11) is 0. The smallest absolute Gasteiger partial charge is 0.149 e. The van der Waals surface area contributed by atoms with Crippen LogP contribution in [0, 0.1) is 45.3 Å². The minimum absolute atomic E-state index is 0.157. The molecule has 0 amide bonds. The van der Waals surface area contributed by atoms with E-state index in [0.717, 1.165) is 11.4 Å². The lowest BCUT2D eigenvalue weighted by Crippen LogP contribution is -2.04. The molecule has 0 fully saturated rings. The highest BCUT2D eigenvalue weighted by atomic mass is 15.1. The fourth-order valence-electron chi connectivity index (χ4n) is 6.76. The Hall–Kier alpha value is -7.80. The standard InChI is InChI=1S/C36H14N12/c37-11-19(12-38)25-29-31(27-23-15-41-17-43-35(23)47(33(25)27)21-7-3-1-4-8-21)46-30-26(20(13-39)14-40)34-28(32(30)45-29)24-16-42-18-44-36(24)48(34)22-9-5-2-6-10-22/h1-10,15-18H. The second-order valence-corrected chi connectivity index (χ2v) is 10.9. The lowest BCUT2D eigenvalue weighted by molar-refractivity contribution is 1.06. The molecule has 9 rings (SSSR count). The van der Waals surface area contributed by atoms with Crippen LogP contribution in [0.3, 0.4) is 0 Å². The molecule has 12 nitrogen and oxygen atoms in total. The largest absolute Gasteiger partial charge is 0.293 e. The summed E-state index contributed by atoms with van der Waals surface area (Å²) in [6, 6.07) is 27.2. The van der Waals surface area contributed by atoms with Gasteiger partial charge in [0, 0.05) is 45.7 Å². The van der Waals surface area contributed by atoms with Crippen molar-refractivity contribution in [2.45, 2.75) is 0 Å². The molecule has 2 aromatic carbocycles. The topological polar surface area (TPSA) is 182 Å². The summed E-state index contributed by atoms with van der Waals surface area (Å²) >= 11 is 0. The molecule has 0 aliphatic heterocycles. The van der Waals surface area contributed by atoms with Crippen molar-refractivity contribution in [3.8, 4) is 58.2 Å². The van der Waals surface area contributed by atoms with Crippen LogP contribution in [0.2, 0.25) is 0 Å². The van der Waals surface area contributed by atoms with Gasteiger partial charge in [-0.25, -0.2) is 29.9 Å². The molecule has 5 heterocycles. The van der Waals surface area contributed by atoms with E-state index in [1.165, 1.54) is 12.7 Å². The van der Waals surface area contributed by atoms with Crippen molar-refractivity contribution in [2.75, 3.05) is 0 Å². The van der Waals surface area contributed by atoms with Gasteiger partial charge in [-0.3, -0.25) is 9.13 Å². The van der Waals surface area contributed by atoms with E-state index in [1.807, 2.05) is 69.8 Å². The Labute approximate surface area is 270 Å². The van der Waals surface area contributed by atoms with E-state index in [1.54, 1.807) is 12.4 Å². The molecule has 0 saturated heterocycles. The maximum atomic E-state index is 10.3. The molecular weight excluding hydrogens is 600 g/mol. The van der Waals surface area contributed by atoms with Crippen molar-refractivity contribution < 1.29 is 0 Å². The van der Waals surface area contributed by atoms with E-state index in [2.05, 4.69) is 44.2 Å². The molecule has 7 aromatic rings. The third-order valence-electron chi connectivity index (χ3n) is 8.56. The van der Waals surface area contributed by atoms with Gasteiger partial charge in [0.25, 0.3) is 0 Å². The molecule has 0 atom stereocenters. The Morgan fingerprint density at radius 2 is 0.917 bits per heavy atom. The van der Waals surface area contributed by atoms with Crippen LogP contribution in [0.25, 0.3) is 67.1 Å². The van der Waals surface area contributed by atoms with Crippen LogP contribution in [-0.4, -0.2) is 39.0 Å². The fraction of sp³-hybridized carbons (Fsp3) is 0. The molecule has 0 bridgehead atoms. The minimum Gasteiger partial charge on any atom is -0.293 e. The third-order valence-corrected chi connectivity index (χ3v) is 8.56. The second kappa shape index (κ2) is 9.85. The Morgan fingerprint density at radius 1 is 0.521 bits per heavy atom. The highest BCUT2D eigenvalue weighted by molar-refractivity contribution is 6.15. The van der Waals surface area contributed by atoms with Gasteiger partial charge in [-0.15, -0.1) is 0 Å². The molecule has 0 spiro atoms. The normalized spacial score (nSPS) is 12.0. The lowest BCUT2D eigenvalue weighted by Gasteiger charge is -2.12. The zero-order valence-corrected chi connectivity index (χ0v) is 24.4. The number of hydrogen-bond donors (Lipinski definition) is 0. The molecular formula is C36H14N12. The summed E-state index contributed by atoms with van der Waals surface area (Å²) in [6.07, 6.45) is 6.20. The van der Waals surface area contributed by atoms with Crippen LogP contribution in [0.15, 0.2) is 96.9 Å². The van der Waals surface area contributed by atoms with E-state index in [0.29, 0.717) is 78.5 Å². The first-order valence-corrected chi connectivity index (χ1v) is 14.5. The van der Waals surface area contributed by atoms with Gasteiger partial charge in [0.1, 0.15) is 82.1 Å². The average Bonchev–Trinajstić information content (AvgIpc) is 3.85. The van der Waals surface area contributed by atoms with Crippen LogP contribution >= 0.6 is 0 Å². The molecule has 0 saturated carbocycles. The molecule has 0 unspecified atom stereocenters. The van der Waals surface area contributed by atoms with E-state index in [4.69, 9.17) is 9.97 Å². The monoisotopic (exact) mass is 614 g/mol. The molecule has 2 aliphatic carbocycles. The van der Waals surface area contributed by atoms with Crippen LogP contribution in [0.1, 0.15) is 22.8 Å². The van der Waals surface area contributed by atoms with Crippen molar-refractivity contribution in [2.24, 2.45) is 0 Å². The van der Waals surface area contributed by atoms with Crippen molar-refractivity contribution in [1.29, 1.82) is 21.0 Å². The predicted molar refractivity (Wildman–Crippen MR) is 172 cm³/mol. The SMILES string of the molecule is N#CC(C#N)=C1c2nc3c(nc2-c2c1n(-c1ccccc1)c1ncncc21)C(=C(C#N)C#N)c1c-3c2cncnc2n1-c1ccccc1. The summed E-state index contributed by atoms with van der Waals surface area (Å²) in [5.41, 5.74) is 6.47. The first-order chi connectivity index (χ1) is 23.7. The van der Waals surface area contributed by atoms with Gasteiger partial charge in [-0.1, -0.05) is 36.4 Å². The van der Waals surface area contributed by atoms with Crippen LogP contribution < -0.4 is 0 Å². The summed E-state index contributed by atoms with van der Waals surface area (Å²) in [6.45, 7) is 0. The molecule has 5 aromatic heterocycles. The number of nitrogens with zero attached hydrogens (tertiary/aromatic N) is 12. The van der Waals surface area contributed by atoms with Gasteiger partial charge < -0.3 is 0 Å². The zero-order valence-electron chi connectivity index (χ0n) is 24.4. The zero-order chi connectivity index (χ0) is 32.5. The number of aromatic nitrogens is 8. The lowest BCUT2D eigenvalue weighted by atomic mass is 10.1. The number of hydrogen-bond acceptors (Lipinski definition) is 10. The van der Waals surface area contributed by atoms with E-state index < -0.39 is 0 Å². The number of allylic oxidation sites excluding steroid dienone is 2. The number of fused-ring (bicyclic) bond motifs is 10. The van der Waals surface area contributed by atoms with Gasteiger partial charge in [0.05, 0.1) is 22.5 Å². The highest BCUT2D eigenvalue weighted by Crippen LogP contribution is 2.54. The maximum Gasteiger partial charge on any atom is 0.149 e. The molecule has 48 heavy (non-hydrogen) atoms. The first-order valence-electron chi connectivity index (χ1n) is 14.5. The highest BCUT2D eigenvalue weighted by Gasteiger charge is 2.42. The Balaban J connectivity index is 1.47. The number of rotatable bonds is 2. The molecule has 2 aliphatic rings. The van der Waals surface area contributed by atoms with Crippen molar-refractivity contribution in [3.05, 3.63) is 120 Å². The summed E-state index contributed by atoms with van der Waals surface area (Å²) in [5.74, 6) is 0. The number of nitriles is 4. The number of para-hydroxylation sites is 2. The second-order valence-electron chi connectivity index (χ2n) is 10.9. The molecule has 218 valence electrons. The summed E-state index contributed by atoms with van der Waals surface area (Å²) < 4.78 is 3.75.